The first kappa shape index (κ1) is 14.7. The van der Waals surface area contributed by atoms with E-state index in [2.05, 4.69) is 5.32 Å². The van der Waals surface area contributed by atoms with Crippen LogP contribution in [0.2, 0.25) is 0 Å². The normalized spacial score (nSPS) is 11.7. The number of amides is 1. The van der Waals surface area contributed by atoms with Gasteiger partial charge in [-0.15, -0.1) is 0 Å². The molecule has 2 N–H and O–H groups in total. The molecular weight excluding hydrogens is 254 g/mol. The average molecular weight is 269 g/mol. The summed E-state index contributed by atoms with van der Waals surface area (Å²) in [5, 5.41) is 2.39. The predicted molar refractivity (Wildman–Crippen MR) is 65.6 cm³/mol. The predicted octanol–water partition coefficient (Wildman–Crippen LogP) is -1.40. The number of carbonyl (C=O) groups excluding carboxylic acids is 2. The first-order valence-electron chi connectivity index (χ1n) is 5.69. The van der Waals surface area contributed by atoms with Gasteiger partial charge in [-0.3, -0.25) is 19.1 Å². The van der Waals surface area contributed by atoms with Crippen molar-refractivity contribution in [2.75, 3.05) is 6.61 Å². The maximum absolute atomic E-state index is 11.6. The first-order chi connectivity index (χ1) is 8.93. The number of ether oxygens (including phenoxy) is 1. The van der Waals surface area contributed by atoms with Crippen LogP contribution < -0.4 is 16.6 Å². The Labute approximate surface area is 108 Å². The molecule has 8 nitrogen and oxygen atoms in total. The molecule has 0 aliphatic carbocycles. The minimum atomic E-state index is -0.800. The zero-order valence-corrected chi connectivity index (χ0v) is 10.6. The number of H-pyrrole nitrogens is 1. The van der Waals surface area contributed by atoms with Crippen molar-refractivity contribution >= 4 is 11.9 Å². The summed E-state index contributed by atoms with van der Waals surface area (Å²) in [5.74, 6) is -1.08. The van der Waals surface area contributed by atoms with E-state index in [1.54, 1.807) is 6.92 Å². The van der Waals surface area contributed by atoms with Crippen LogP contribution in [-0.2, 0) is 20.9 Å². The van der Waals surface area contributed by atoms with Crippen LogP contribution in [0, 0.1) is 0 Å². The average Bonchev–Trinajstić information content (AvgIpc) is 2.33. The molecule has 1 amide bonds. The molecule has 0 saturated heterocycles. The highest BCUT2D eigenvalue weighted by molar-refractivity contribution is 5.83. The molecule has 0 aliphatic rings. The van der Waals surface area contributed by atoms with Gasteiger partial charge in [0.2, 0.25) is 5.91 Å². The van der Waals surface area contributed by atoms with Gasteiger partial charge in [0.15, 0.2) is 0 Å². The van der Waals surface area contributed by atoms with Gasteiger partial charge in [-0.25, -0.2) is 9.59 Å². The van der Waals surface area contributed by atoms with E-state index >= 15 is 0 Å². The SMILES string of the molecule is CCOC(=O)C(C)NC(=O)Cn1ccc(=O)[nH]c1=O. The molecule has 0 spiro atoms. The molecule has 0 radical (unpaired) electrons. The molecular formula is C11H15N3O5. The molecule has 1 atom stereocenters. The molecule has 1 aromatic heterocycles. The first-order valence-corrected chi connectivity index (χ1v) is 5.69. The summed E-state index contributed by atoms with van der Waals surface area (Å²) >= 11 is 0. The fourth-order valence-corrected chi connectivity index (χ4v) is 1.34. The van der Waals surface area contributed by atoms with Gasteiger partial charge in [0.25, 0.3) is 5.56 Å². The Morgan fingerprint density at radius 2 is 2.16 bits per heavy atom. The van der Waals surface area contributed by atoms with E-state index in [4.69, 9.17) is 4.74 Å². The third-order valence-electron chi connectivity index (χ3n) is 2.23. The Balaban J connectivity index is 2.63. The van der Waals surface area contributed by atoms with Crippen molar-refractivity contribution in [3.05, 3.63) is 33.1 Å². The van der Waals surface area contributed by atoms with E-state index in [0.29, 0.717) is 0 Å². The van der Waals surface area contributed by atoms with Crippen molar-refractivity contribution in [1.29, 1.82) is 0 Å². The summed E-state index contributed by atoms with van der Waals surface area (Å²) in [6, 6.07) is 0.328. The van der Waals surface area contributed by atoms with Crippen LogP contribution in [0.3, 0.4) is 0 Å². The molecule has 0 bridgehead atoms. The second kappa shape index (κ2) is 6.53. The zero-order chi connectivity index (χ0) is 14.4. The summed E-state index contributed by atoms with van der Waals surface area (Å²) in [6.07, 6.45) is 1.20. The Morgan fingerprint density at radius 3 is 2.74 bits per heavy atom. The lowest BCUT2D eigenvalue weighted by Gasteiger charge is -2.12. The number of hydrogen-bond donors (Lipinski definition) is 2. The van der Waals surface area contributed by atoms with E-state index < -0.39 is 29.2 Å². The van der Waals surface area contributed by atoms with Crippen LogP contribution in [0.5, 0.6) is 0 Å². The van der Waals surface area contributed by atoms with Gasteiger partial charge in [-0.05, 0) is 13.8 Å². The van der Waals surface area contributed by atoms with Gasteiger partial charge in [0.1, 0.15) is 12.6 Å². The molecule has 0 fully saturated rings. The Morgan fingerprint density at radius 1 is 1.47 bits per heavy atom. The number of aromatic amines is 1. The van der Waals surface area contributed by atoms with Gasteiger partial charge >= 0.3 is 11.7 Å². The Hall–Kier alpha value is -2.38. The zero-order valence-electron chi connectivity index (χ0n) is 10.6. The Kier molecular flexibility index (Phi) is 5.04. The maximum Gasteiger partial charge on any atom is 0.328 e. The smallest absolute Gasteiger partial charge is 0.328 e. The number of nitrogens with one attached hydrogen (secondary N) is 2. The number of aromatic nitrogens is 2. The highest BCUT2D eigenvalue weighted by Gasteiger charge is 2.16. The van der Waals surface area contributed by atoms with Gasteiger partial charge in [0.05, 0.1) is 6.61 Å². The van der Waals surface area contributed by atoms with E-state index in [-0.39, 0.29) is 13.2 Å². The number of esters is 1. The van der Waals surface area contributed by atoms with Crippen molar-refractivity contribution in [3.63, 3.8) is 0 Å². The van der Waals surface area contributed by atoms with Crippen LogP contribution in [0.1, 0.15) is 13.8 Å². The maximum atomic E-state index is 11.6. The van der Waals surface area contributed by atoms with Gasteiger partial charge in [-0.1, -0.05) is 0 Å². The molecule has 0 aliphatic heterocycles. The molecule has 1 unspecified atom stereocenters. The number of carbonyl (C=O) groups is 2. The molecule has 104 valence electrons. The highest BCUT2D eigenvalue weighted by Crippen LogP contribution is 1.89. The van der Waals surface area contributed by atoms with Crippen molar-refractivity contribution < 1.29 is 14.3 Å². The van der Waals surface area contributed by atoms with Gasteiger partial charge in [-0.2, -0.15) is 0 Å². The van der Waals surface area contributed by atoms with Crippen LogP contribution in [-0.4, -0.2) is 34.1 Å². The standard InChI is InChI=1S/C11H15N3O5/c1-3-19-10(17)7(2)12-9(16)6-14-5-4-8(15)13-11(14)18/h4-5,7H,3,6H2,1-2H3,(H,12,16)(H,13,15,18). The fourth-order valence-electron chi connectivity index (χ4n) is 1.34. The van der Waals surface area contributed by atoms with Crippen molar-refractivity contribution in [1.82, 2.24) is 14.9 Å². The topological polar surface area (TPSA) is 110 Å². The second-order valence-electron chi connectivity index (χ2n) is 3.78. The highest BCUT2D eigenvalue weighted by atomic mass is 16.5. The number of nitrogens with zero attached hydrogens (tertiary/aromatic N) is 1. The van der Waals surface area contributed by atoms with Crippen LogP contribution in [0.25, 0.3) is 0 Å². The molecule has 0 saturated carbocycles. The van der Waals surface area contributed by atoms with E-state index in [0.717, 1.165) is 10.6 Å². The minimum Gasteiger partial charge on any atom is -0.464 e. The molecule has 1 aromatic rings. The number of hydrogen-bond acceptors (Lipinski definition) is 5. The van der Waals surface area contributed by atoms with Crippen LogP contribution in [0.15, 0.2) is 21.9 Å². The van der Waals surface area contributed by atoms with Crippen LogP contribution >= 0.6 is 0 Å². The lowest BCUT2D eigenvalue weighted by atomic mass is 10.3. The lowest BCUT2D eigenvalue weighted by Crippen LogP contribution is -2.43. The van der Waals surface area contributed by atoms with Gasteiger partial charge in [0, 0.05) is 12.3 Å². The quantitative estimate of drug-likeness (QED) is 0.639. The van der Waals surface area contributed by atoms with E-state index in [1.165, 1.54) is 13.1 Å². The minimum absolute atomic E-state index is 0.221. The summed E-state index contributed by atoms with van der Waals surface area (Å²) in [4.78, 5) is 47.1. The van der Waals surface area contributed by atoms with E-state index in [9.17, 15) is 19.2 Å². The molecule has 19 heavy (non-hydrogen) atoms. The van der Waals surface area contributed by atoms with Crippen molar-refractivity contribution in [2.24, 2.45) is 0 Å². The molecule has 8 heteroatoms. The summed E-state index contributed by atoms with van der Waals surface area (Å²) in [7, 11) is 0. The fraction of sp³-hybridized carbons (Fsp3) is 0.455. The van der Waals surface area contributed by atoms with Crippen LogP contribution in [0.4, 0.5) is 0 Å². The summed E-state index contributed by atoms with van der Waals surface area (Å²) in [5.41, 5.74) is -1.23. The molecule has 0 aromatic carbocycles. The summed E-state index contributed by atoms with van der Waals surface area (Å²) in [6.45, 7) is 3.07. The summed E-state index contributed by atoms with van der Waals surface area (Å²) < 4.78 is 5.75. The van der Waals surface area contributed by atoms with Gasteiger partial charge < -0.3 is 10.1 Å². The second-order valence-corrected chi connectivity index (χ2v) is 3.78. The van der Waals surface area contributed by atoms with E-state index in [1.807, 2.05) is 4.98 Å². The molecule has 1 rings (SSSR count). The monoisotopic (exact) mass is 269 g/mol. The Bertz CT molecular complexity index is 574. The lowest BCUT2D eigenvalue weighted by molar-refractivity contribution is -0.146. The molecule has 1 heterocycles. The number of rotatable bonds is 5. The third kappa shape index (κ3) is 4.41. The van der Waals surface area contributed by atoms with Crippen molar-refractivity contribution in [3.8, 4) is 0 Å². The van der Waals surface area contributed by atoms with Crippen molar-refractivity contribution in [2.45, 2.75) is 26.4 Å². The largest absolute Gasteiger partial charge is 0.464 e. The third-order valence-corrected chi connectivity index (χ3v) is 2.23.